The standard InChI is InChI=1S/C22H41N7O2/c1-19-26-27-20(28(19)2)17-24-21(23-10-6-11-29-12-15-31-16-13-29)25-18-22(9-14-30-3)7-4-5-8-22/h4-18H2,1-3H3,(H2,23,24,25). The SMILES string of the molecule is COCCC1(CNC(=NCc2nnc(C)n2C)NCCCN2CCOCC2)CCCC1. The van der Waals surface area contributed by atoms with E-state index in [9.17, 15) is 0 Å². The Balaban J connectivity index is 1.54. The molecule has 2 fully saturated rings. The molecule has 0 spiro atoms. The van der Waals surface area contributed by atoms with E-state index in [1.807, 2.05) is 18.5 Å². The number of rotatable bonds is 11. The topological polar surface area (TPSA) is 88.8 Å². The minimum absolute atomic E-state index is 0.313. The van der Waals surface area contributed by atoms with Crippen LogP contribution in [0.25, 0.3) is 0 Å². The number of guanidine groups is 1. The van der Waals surface area contributed by atoms with Crippen LogP contribution in [-0.4, -0.2) is 85.3 Å². The van der Waals surface area contributed by atoms with Crippen LogP contribution in [0.3, 0.4) is 0 Å². The fourth-order valence-electron chi connectivity index (χ4n) is 4.48. The summed E-state index contributed by atoms with van der Waals surface area (Å²) in [5, 5.41) is 15.6. The molecule has 1 saturated carbocycles. The highest BCUT2D eigenvalue weighted by Gasteiger charge is 2.33. The highest BCUT2D eigenvalue weighted by molar-refractivity contribution is 5.79. The van der Waals surface area contributed by atoms with Crippen LogP contribution in [0.1, 0.15) is 50.2 Å². The van der Waals surface area contributed by atoms with E-state index < -0.39 is 0 Å². The number of aryl methyl sites for hydroxylation is 1. The molecule has 0 atom stereocenters. The maximum Gasteiger partial charge on any atom is 0.191 e. The van der Waals surface area contributed by atoms with Gasteiger partial charge in [-0.15, -0.1) is 10.2 Å². The van der Waals surface area contributed by atoms with Crippen LogP contribution < -0.4 is 10.6 Å². The third-order valence-corrected chi connectivity index (χ3v) is 6.74. The van der Waals surface area contributed by atoms with Crippen molar-refractivity contribution in [2.45, 2.75) is 52.0 Å². The summed E-state index contributed by atoms with van der Waals surface area (Å²) in [6.45, 7) is 9.98. The number of nitrogens with one attached hydrogen (secondary N) is 2. The molecule has 0 radical (unpaired) electrons. The van der Waals surface area contributed by atoms with Gasteiger partial charge in [0.25, 0.3) is 0 Å². The van der Waals surface area contributed by atoms with Gasteiger partial charge in [0.15, 0.2) is 11.8 Å². The van der Waals surface area contributed by atoms with Crippen molar-refractivity contribution in [2.75, 3.05) is 59.7 Å². The molecule has 2 heterocycles. The van der Waals surface area contributed by atoms with Gasteiger partial charge in [-0.25, -0.2) is 4.99 Å². The van der Waals surface area contributed by atoms with E-state index in [0.717, 1.165) is 83.0 Å². The molecule has 1 aliphatic heterocycles. The smallest absolute Gasteiger partial charge is 0.191 e. The molecule has 2 N–H and O–H groups in total. The zero-order valence-corrected chi connectivity index (χ0v) is 19.7. The van der Waals surface area contributed by atoms with Crippen molar-refractivity contribution in [2.24, 2.45) is 17.5 Å². The van der Waals surface area contributed by atoms with Gasteiger partial charge in [-0.05, 0) is 44.6 Å². The number of aliphatic imine (C=N–C) groups is 1. The van der Waals surface area contributed by atoms with E-state index in [-0.39, 0.29) is 0 Å². The van der Waals surface area contributed by atoms with E-state index >= 15 is 0 Å². The van der Waals surface area contributed by atoms with Crippen molar-refractivity contribution in [3.63, 3.8) is 0 Å². The van der Waals surface area contributed by atoms with Crippen LogP contribution in [0.15, 0.2) is 4.99 Å². The molecule has 31 heavy (non-hydrogen) atoms. The summed E-state index contributed by atoms with van der Waals surface area (Å²) in [5.74, 6) is 2.65. The molecule has 9 nitrogen and oxygen atoms in total. The number of morpholine rings is 1. The van der Waals surface area contributed by atoms with Crippen molar-refractivity contribution in [1.29, 1.82) is 0 Å². The van der Waals surface area contributed by atoms with Gasteiger partial charge >= 0.3 is 0 Å². The zero-order valence-electron chi connectivity index (χ0n) is 19.7. The lowest BCUT2D eigenvalue weighted by atomic mass is 9.83. The van der Waals surface area contributed by atoms with Gasteiger partial charge < -0.3 is 24.7 Å². The van der Waals surface area contributed by atoms with E-state index in [1.165, 1.54) is 25.7 Å². The molecule has 2 aliphatic rings. The summed E-state index contributed by atoms with van der Waals surface area (Å²) in [7, 11) is 3.78. The van der Waals surface area contributed by atoms with E-state index in [0.29, 0.717) is 12.0 Å². The number of hydrogen-bond donors (Lipinski definition) is 2. The average Bonchev–Trinajstić information content (AvgIpc) is 3.39. The Morgan fingerprint density at radius 3 is 2.65 bits per heavy atom. The fraction of sp³-hybridized carbons (Fsp3) is 0.864. The van der Waals surface area contributed by atoms with Crippen molar-refractivity contribution in [3.8, 4) is 0 Å². The van der Waals surface area contributed by atoms with Gasteiger partial charge in [0, 0.05) is 46.9 Å². The molecule has 0 bridgehead atoms. The van der Waals surface area contributed by atoms with Gasteiger partial charge in [0.05, 0.1) is 13.2 Å². The minimum atomic E-state index is 0.313. The van der Waals surface area contributed by atoms with Gasteiger partial charge in [-0.1, -0.05) is 12.8 Å². The predicted octanol–water partition coefficient (Wildman–Crippen LogP) is 1.48. The summed E-state index contributed by atoms with van der Waals surface area (Å²) in [6.07, 6.45) is 7.32. The summed E-state index contributed by atoms with van der Waals surface area (Å²) in [5.41, 5.74) is 0.313. The molecule has 9 heteroatoms. The Morgan fingerprint density at radius 2 is 1.97 bits per heavy atom. The van der Waals surface area contributed by atoms with Crippen LogP contribution >= 0.6 is 0 Å². The Morgan fingerprint density at radius 1 is 1.19 bits per heavy atom. The van der Waals surface area contributed by atoms with Gasteiger partial charge in [0.1, 0.15) is 12.4 Å². The lowest BCUT2D eigenvalue weighted by Gasteiger charge is -2.30. The van der Waals surface area contributed by atoms with Crippen molar-refractivity contribution in [3.05, 3.63) is 11.6 Å². The molecular weight excluding hydrogens is 394 g/mol. The molecule has 176 valence electrons. The first-order chi connectivity index (χ1) is 15.1. The first-order valence-corrected chi connectivity index (χ1v) is 11.8. The van der Waals surface area contributed by atoms with Crippen LogP contribution in [0.5, 0.6) is 0 Å². The van der Waals surface area contributed by atoms with E-state index in [4.69, 9.17) is 14.5 Å². The van der Waals surface area contributed by atoms with E-state index in [2.05, 4.69) is 25.7 Å². The molecule has 1 aromatic heterocycles. The molecule has 1 saturated heterocycles. The number of nitrogens with zero attached hydrogens (tertiary/aromatic N) is 5. The second-order valence-corrected chi connectivity index (χ2v) is 8.93. The lowest BCUT2D eigenvalue weighted by Crippen LogP contribution is -2.44. The highest BCUT2D eigenvalue weighted by Crippen LogP contribution is 2.40. The average molecular weight is 436 g/mol. The Bertz CT molecular complexity index is 679. The monoisotopic (exact) mass is 435 g/mol. The number of aromatic nitrogens is 3. The summed E-state index contributed by atoms with van der Waals surface area (Å²) in [4.78, 5) is 7.30. The van der Waals surface area contributed by atoms with Gasteiger partial charge in [0.2, 0.25) is 0 Å². The third-order valence-electron chi connectivity index (χ3n) is 6.74. The Hall–Kier alpha value is -1.71. The lowest BCUT2D eigenvalue weighted by molar-refractivity contribution is 0.0376. The van der Waals surface area contributed by atoms with Crippen LogP contribution in [-0.2, 0) is 23.1 Å². The Kier molecular flexibility index (Phi) is 9.54. The fourth-order valence-corrected chi connectivity index (χ4v) is 4.48. The molecule has 0 aromatic carbocycles. The molecule has 1 aromatic rings. The molecule has 0 unspecified atom stereocenters. The molecule has 0 amide bonds. The summed E-state index contributed by atoms with van der Waals surface area (Å²) < 4.78 is 12.8. The van der Waals surface area contributed by atoms with E-state index in [1.54, 1.807) is 7.11 Å². The molecular formula is C22H41N7O2. The minimum Gasteiger partial charge on any atom is -0.385 e. The summed E-state index contributed by atoms with van der Waals surface area (Å²) >= 11 is 0. The third kappa shape index (κ3) is 7.43. The van der Waals surface area contributed by atoms with Gasteiger partial charge in [-0.2, -0.15) is 0 Å². The predicted molar refractivity (Wildman–Crippen MR) is 122 cm³/mol. The number of ether oxygens (including phenoxy) is 2. The van der Waals surface area contributed by atoms with Crippen LogP contribution in [0, 0.1) is 12.3 Å². The van der Waals surface area contributed by atoms with Crippen molar-refractivity contribution in [1.82, 2.24) is 30.3 Å². The van der Waals surface area contributed by atoms with Crippen molar-refractivity contribution >= 4 is 5.96 Å². The van der Waals surface area contributed by atoms with Crippen LogP contribution in [0.2, 0.25) is 0 Å². The number of hydrogen-bond acceptors (Lipinski definition) is 6. The number of methoxy groups -OCH3 is 1. The summed E-state index contributed by atoms with van der Waals surface area (Å²) in [6, 6.07) is 0. The first kappa shape index (κ1) is 23.9. The quantitative estimate of drug-likeness (QED) is 0.309. The van der Waals surface area contributed by atoms with Crippen LogP contribution in [0.4, 0.5) is 0 Å². The maximum absolute atomic E-state index is 5.44. The second kappa shape index (κ2) is 12.4. The second-order valence-electron chi connectivity index (χ2n) is 8.93. The normalized spacial score (nSPS) is 19.6. The maximum atomic E-state index is 5.44. The zero-order chi connectivity index (χ0) is 21.9. The largest absolute Gasteiger partial charge is 0.385 e. The highest BCUT2D eigenvalue weighted by atomic mass is 16.5. The molecule has 1 aliphatic carbocycles. The van der Waals surface area contributed by atoms with Gasteiger partial charge in [-0.3, -0.25) is 4.90 Å². The molecule has 3 rings (SSSR count). The van der Waals surface area contributed by atoms with Crippen molar-refractivity contribution < 1.29 is 9.47 Å². The first-order valence-electron chi connectivity index (χ1n) is 11.8. The Labute approximate surface area is 187 Å².